The number of likely N-dealkylation sites (tertiary alicyclic amines) is 2. The summed E-state index contributed by atoms with van der Waals surface area (Å²) in [6.07, 6.45) is 6.12. The van der Waals surface area contributed by atoms with E-state index in [0.717, 1.165) is 81.5 Å². The van der Waals surface area contributed by atoms with E-state index < -0.39 is 11.7 Å². The molecule has 0 spiro atoms. The van der Waals surface area contributed by atoms with Gasteiger partial charge in [0.15, 0.2) is 0 Å². The quantitative estimate of drug-likeness (QED) is 0.137. The van der Waals surface area contributed by atoms with Crippen molar-refractivity contribution in [3.8, 4) is 0 Å². The number of esters is 1. The van der Waals surface area contributed by atoms with Gasteiger partial charge in [-0.3, -0.25) is 9.69 Å². The van der Waals surface area contributed by atoms with Gasteiger partial charge in [0.2, 0.25) is 0 Å². The van der Waals surface area contributed by atoms with Gasteiger partial charge in [-0.1, -0.05) is 73.9 Å². The van der Waals surface area contributed by atoms with E-state index in [9.17, 15) is 22.4 Å². The highest BCUT2D eigenvalue weighted by Gasteiger charge is 2.42. The summed E-state index contributed by atoms with van der Waals surface area (Å²) < 4.78 is 63.2. The Kier molecular flexibility index (Phi) is 11.0. The number of carbonyl (C=O) groups is 1. The predicted molar refractivity (Wildman–Crippen MR) is 175 cm³/mol. The average Bonchev–Trinajstić information content (AvgIpc) is 3.46. The van der Waals surface area contributed by atoms with E-state index in [2.05, 4.69) is 9.80 Å². The van der Waals surface area contributed by atoms with Crippen LogP contribution in [0.1, 0.15) is 74.0 Å². The van der Waals surface area contributed by atoms with Gasteiger partial charge in [0.05, 0.1) is 0 Å². The Morgan fingerprint density at radius 3 is 2.28 bits per heavy atom. The van der Waals surface area contributed by atoms with Crippen molar-refractivity contribution >= 4 is 5.97 Å². The maximum Gasteiger partial charge on any atom is 0.323 e. The molecule has 3 atom stereocenters. The fourth-order valence-corrected chi connectivity index (χ4v) is 7.74. The molecule has 2 unspecified atom stereocenters. The number of piperidine rings is 1. The van der Waals surface area contributed by atoms with E-state index in [1.54, 1.807) is 12.1 Å². The number of carbonyl (C=O) groups excluding carboxylic acids is 1. The standard InChI is InChI=1S/C39H46F4N2O2/c40-34-14-12-33(13-15-34)39(42,43)19-16-28-17-20-44(21-18-28)24-32-25-45(26-36(32)31-10-5-11-35(41)23-31)37(22-29-8-4-9-29)38(46)47-27-30-6-2-1-3-7-30/h1-3,5-7,10-15,23,28-29,32,36-37H,4,8-9,16-22,24-27H2/t32?,36?,37-/m1/s1. The second-order valence-corrected chi connectivity index (χ2v) is 14.0. The minimum Gasteiger partial charge on any atom is -0.460 e. The summed E-state index contributed by atoms with van der Waals surface area (Å²) in [5.74, 6) is -2.93. The molecule has 2 saturated heterocycles. The average molecular weight is 651 g/mol. The zero-order chi connectivity index (χ0) is 32.8. The van der Waals surface area contributed by atoms with Gasteiger partial charge in [-0.2, -0.15) is 0 Å². The van der Waals surface area contributed by atoms with E-state index in [0.29, 0.717) is 18.9 Å². The molecule has 47 heavy (non-hydrogen) atoms. The van der Waals surface area contributed by atoms with E-state index >= 15 is 0 Å². The maximum absolute atomic E-state index is 14.8. The molecule has 2 aliphatic heterocycles. The Morgan fingerprint density at radius 2 is 1.60 bits per heavy atom. The third-order valence-electron chi connectivity index (χ3n) is 10.8. The Balaban J connectivity index is 1.09. The number of nitrogens with zero attached hydrogens (tertiary/aromatic N) is 2. The lowest BCUT2D eigenvalue weighted by Gasteiger charge is -2.35. The Bertz CT molecular complexity index is 1440. The second kappa shape index (κ2) is 15.3. The van der Waals surface area contributed by atoms with E-state index in [1.165, 1.54) is 24.6 Å². The molecular formula is C39H46F4N2O2. The SMILES string of the molecule is O=C(OCc1ccccc1)[C@@H](CC1CCC1)N1CC(CN2CCC(CCC(F)(F)c3ccc(F)cc3)CC2)C(c2cccc(F)c2)C1. The van der Waals surface area contributed by atoms with Crippen LogP contribution >= 0.6 is 0 Å². The second-order valence-electron chi connectivity index (χ2n) is 14.0. The fourth-order valence-electron chi connectivity index (χ4n) is 7.74. The van der Waals surface area contributed by atoms with Crippen molar-refractivity contribution < 1.29 is 27.1 Å². The number of alkyl halides is 2. The van der Waals surface area contributed by atoms with E-state index in [-0.39, 0.29) is 54.2 Å². The van der Waals surface area contributed by atoms with Gasteiger partial charge in [-0.25, -0.2) is 17.6 Å². The molecule has 4 nitrogen and oxygen atoms in total. The molecule has 1 saturated carbocycles. The van der Waals surface area contributed by atoms with Crippen molar-refractivity contribution in [2.24, 2.45) is 17.8 Å². The third kappa shape index (κ3) is 8.82. The van der Waals surface area contributed by atoms with Gasteiger partial charge in [0.1, 0.15) is 24.3 Å². The number of ether oxygens (including phenoxy) is 1. The summed E-state index contributed by atoms with van der Waals surface area (Å²) in [7, 11) is 0. The smallest absolute Gasteiger partial charge is 0.323 e. The van der Waals surface area contributed by atoms with Crippen molar-refractivity contribution in [1.82, 2.24) is 9.80 Å². The zero-order valence-corrected chi connectivity index (χ0v) is 27.0. The number of rotatable bonds is 13. The van der Waals surface area contributed by atoms with Crippen LogP contribution in [-0.4, -0.2) is 54.5 Å². The molecule has 3 fully saturated rings. The van der Waals surface area contributed by atoms with Crippen LogP contribution < -0.4 is 0 Å². The predicted octanol–water partition coefficient (Wildman–Crippen LogP) is 8.57. The first-order chi connectivity index (χ1) is 22.7. The molecule has 3 aromatic rings. The summed E-state index contributed by atoms with van der Waals surface area (Å²) in [4.78, 5) is 18.4. The van der Waals surface area contributed by atoms with Crippen molar-refractivity contribution in [2.45, 2.75) is 75.9 Å². The molecule has 8 heteroatoms. The molecule has 0 bridgehead atoms. The number of halogens is 4. The number of hydrogen-bond donors (Lipinski definition) is 0. The third-order valence-corrected chi connectivity index (χ3v) is 10.8. The summed E-state index contributed by atoms with van der Waals surface area (Å²) in [5, 5.41) is 0. The normalized spacial score (nSPS) is 22.2. The molecule has 2 heterocycles. The summed E-state index contributed by atoms with van der Waals surface area (Å²) in [5.41, 5.74) is 1.78. The summed E-state index contributed by atoms with van der Waals surface area (Å²) in [6.45, 7) is 4.10. The lowest BCUT2D eigenvalue weighted by Crippen LogP contribution is -2.44. The molecule has 3 aromatic carbocycles. The highest BCUT2D eigenvalue weighted by molar-refractivity contribution is 5.76. The highest BCUT2D eigenvalue weighted by atomic mass is 19.3. The van der Waals surface area contributed by atoms with Gasteiger partial charge < -0.3 is 9.64 Å². The Morgan fingerprint density at radius 1 is 0.851 bits per heavy atom. The van der Waals surface area contributed by atoms with Crippen LogP contribution in [0.3, 0.4) is 0 Å². The van der Waals surface area contributed by atoms with Gasteiger partial charge in [0.25, 0.3) is 5.92 Å². The van der Waals surface area contributed by atoms with Crippen molar-refractivity contribution in [3.05, 3.63) is 107 Å². The van der Waals surface area contributed by atoms with Crippen molar-refractivity contribution in [3.63, 3.8) is 0 Å². The monoisotopic (exact) mass is 650 g/mol. The Hall–Kier alpha value is -3.23. The molecule has 0 N–H and O–H groups in total. The largest absolute Gasteiger partial charge is 0.460 e. The zero-order valence-electron chi connectivity index (χ0n) is 27.0. The minimum atomic E-state index is -2.98. The Labute approximate surface area is 276 Å². The molecule has 0 radical (unpaired) electrons. The minimum absolute atomic E-state index is 0.0728. The number of benzene rings is 3. The first-order valence-corrected chi connectivity index (χ1v) is 17.3. The molecule has 252 valence electrons. The van der Waals surface area contributed by atoms with Crippen LogP contribution in [0.25, 0.3) is 0 Å². The van der Waals surface area contributed by atoms with E-state index in [4.69, 9.17) is 4.74 Å². The first kappa shape index (κ1) is 33.7. The van der Waals surface area contributed by atoms with Crippen LogP contribution in [0.15, 0.2) is 78.9 Å². The van der Waals surface area contributed by atoms with Crippen LogP contribution in [0, 0.1) is 29.4 Å². The number of hydrogen-bond acceptors (Lipinski definition) is 4. The molecule has 0 amide bonds. The molecular weight excluding hydrogens is 604 g/mol. The fraction of sp³-hybridized carbons (Fsp3) is 0.513. The van der Waals surface area contributed by atoms with Gasteiger partial charge >= 0.3 is 5.97 Å². The van der Waals surface area contributed by atoms with Crippen LogP contribution in [0.5, 0.6) is 0 Å². The lowest BCUT2D eigenvalue weighted by molar-refractivity contribution is -0.152. The van der Waals surface area contributed by atoms with Gasteiger partial charge in [-0.15, -0.1) is 0 Å². The molecule has 0 aromatic heterocycles. The van der Waals surface area contributed by atoms with E-state index in [1.807, 2.05) is 36.4 Å². The van der Waals surface area contributed by atoms with Crippen molar-refractivity contribution in [1.29, 1.82) is 0 Å². The van der Waals surface area contributed by atoms with Crippen molar-refractivity contribution in [2.75, 3.05) is 32.7 Å². The first-order valence-electron chi connectivity index (χ1n) is 17.3. The summed E-state index contributed by atoms with van der Waals surface area (Å²) >= 11 is 0. The highest BCUT2D eigenvalue weighted by Crippen LogP contribution is 2.40. The molecule has 1 aliphatic carbocycles. The van der Waals surface area contributed by atoms with Crippen LogP contribution in [-0.2, 0) is 22.1 Å². The molecule has 6 rings (SSSR count). The topological polar surface area (TPSA) is 32.8 Å². The van der Waals surface area contributed by atoms with Gasteiger partial charge in [-0.05, 0) is 91.9 Å². The molecule has 3 aliphatic rings. The van der Waals surface area contributed by atoms with Gasteiger partial charge in [0, 0.05) is 37.5 Å². The van der Waals surface area contributed by atoms with Crippen LogP contribution in [0.4, 0.5) is 17.6 Å². The lowest BCUT2D eigenvalue weighted by atomic mass is 9.80. The maximum atomic E-state index is 14.8. The van der Waals surface area contributed by atoms with Crippen LogP contribution in [0.2, 0.25) is 0 Å². The summed E-state index contributed by atoms with van der Waals surface area (Å²) in [6, 6.07) is 20.8.